The Morgan fingerprint density at radius 1 is 1.73 bits per heavy atom. The van der Waals surface area contributed by atoms with Crippen molar-refractivity contribution in [3.05, 3.63) is 15.0 Å². The van der Waals surface area contributed by atoms with Crippen LogP contribution in [-0.2, 0) is 0 Å². The summed E-state index contributed by atoms with van der Waals surface area (Å²) in [6.45, 7) is 2.95. The van der Waals surface area contributed by atoms with E-state index in [0.717, 1.165) is 3.79 Å². The van der Waals surface area contributed by atoms with Gasteiger partial charge in [-0.05, 0) is 15.9 Å². The maximum Gasteiger partial charge on any atom is 0.274 e. The Bertz CT molecular complexity index is 372. The highest BCUT2D eigenvalue weighted by atomic mass is 79.9. The summed E-state index contributed by atoms with van der Waals surface area (Å²) in [6.07, 6.45) is -0.411. The summed E-state index contributed by atoms with van der Waals surface area (Å²) in [5.41, 5.74) is 2.08. The van der Waals surface area contributed by atoms with Gasteiger partial charge in [-0.2, -0.15) is 0 Å². The normalized spacial score (nSPS) is 25.9. The number of carbonyl (C=O) groups excluding carboxylic acids is 1. The molecule has 1 saturated heterocycles. The van der Waals surface area contributed by atoms with Crippen molar-refractivity contribution in [3.8, 4) is 0 Å². The van der Waals surface area contributed by atoms with E-state index in [1.54, 1.807) is 10.4 Å². The molecule has 0 radical (unpaired) electrons. The highest BCUT2D eigenvalue weighted by Gasteiger charge is 2.32. The fourth-order valence-electron chi connectivity index (χ4n) is 1.64. The monoisotopic (exact) mass is 290 g/mol. The molecule has 82 valence electrons. The van der Waals surface area contributed by atoms with E-state index in [0.29, 0.717) is 18.8 Å². The lowest BCUT2D eigenvalue weighted by Gasteiger charge is -2.13. The summed E-state index contributed by atoms with van der Waals surface area (Å²) >= 11 is 4.68. The second-order valence-electron chi connectivity index (χ2n) is 3.73. The number of carbonyl (C=O) groups is 1. The Morgan fingerprint density at radius 2 is 2.47 bits per heavy atom. The Morgan fingerprint density at radius 3 is 2.93 bits per heavy atom. The maximum atomic E-state index is 11.9. The quantitative estimate of drug-likeness (QED) is 0.850. The van der Waals surface area contributed by atoms with E-state index in [9.17, 15) is 9.90 Å². The number of halogens is 1. The molecule has 0 aliphatic carbocycles. The minimum Gasteiger partial charge on any atom is -0.391 e. The zero-order valence-corrected chi connectivity index (χ0v) is 10.6. The molecular weight excluding hydrogens is 280 g/mol. The Labute approximate surface area is 100 Å². The molecule has 1 N–H and O–H groups in total. The number of likely N-dealkylation sites (tertiary alicyclic amines) is 1. The maximum absolute atomic E-state index is 11.9. The van der Waals surface area contributed by atoms with E-state index in [4.69, 9.17) is 0 Å². The summed E-state index contributed by atoms with van der Waals surface area (Å²) in [7, 11) is 0. The SMILES string of the molecule is CC1CN(C(=O)c2ncsc2Br)CC1O. The minimum atomic E-state index is -0.411. The summed E-state index contributed by atoms with van der Waals surface area (Å²) in [5, 5.41) is 9.56. The molecule has 0 spiro atoms. The number of aliphatic hydroxyl groups excluding tert-OH is 1. The van der Waals surface area contributed by atoms with E-state index in [-0.39, 0.29) is 11.8 Å². The lowest BCUT2D eigenvalue weighted by Crippen LogP contribution is -2.30. The molecule has 0 saturated carbocycles. The zero-order valence-electron chi connectivity index (χ0n) is 8.18. The third-order valence-corrected chi connectivity index (χ3v) is 4.13. The second kappa shape index (κ2) is 4.19. The van der Waals surface area contributed by atoms with E-state index in [1.165, 1.54) is 11.3 Å². The zero-order chi connectivity index (χ0) is 11.0. The van der Waals surface area contributed by atoms with Gasteiger partial charge >= 0.3 is 0 Å². The second-order valence-corrected chi connectivity index (χ2v) is 5.90. The van der Waals surface area contributed by atoms with E-state index < -0.39 is 6.10 Å². The van der Waals surface area contributed by atoms with Gasteiger partial charge in [-0.25, -0.2) is 4.98 Å². The summed E-state index contributed by atoms with van der Waals surface area (Å²) < 4.78 is 0.751. The van der Waals surface area contributed by atoms with Crippen LogP contribution in [0.4, 0.5) is 0 Å². The Hall–Kier alpha value is -0.460. The molecule has 1 fully saturated rings. The average molecular weight is 291 g/mol. The van der Waals surface area contributed by atoms with Gasteiger partial charge in [-0.1, -0.05) is 6.92 Å². The van der Waals surface area contributed by atoms with Gasteiger partial charge < -0.3 is 10.0 Å². The molecule has 0 aromatic carbocycles. The van der Waals surface area contributed by atoms with Crippen LogP contribution in [0.2, 0.25) is 0 Å². The van der Waals surface area contributed by atoms with Crippen LogP contribution >= 0.6 is 27.3 Å². The number of hydrogen-bond acceptors (Lipinski definition) is 4. The summed E-state index contributed by atoms with van der Waals surface area (Å²) in [5.74, 6) is 0.0397. The predicted octanol–water partition coefficient (Wildman–Crippen LogP) is 1.36. The number of aliphatic hydroxyl groups is 1. The van der Waals surface area contributed by atoms with Crippen LogP contribution in [0.3, 0.4) is 0 Å². The van der Waals surface area contributed by atoms with Gasteiger partial charge in [0.05, 0.1) is 11.6 Å². The highest BCUT2D eigenvalue weighted by Crippen LogP contribution is 2.24. The highest BCUT2D eigenvalue weighted by molar-refractivity contribution is 9.11. The van der Waals surface area contributed by atoms with Crippen LogP contribution in [-0.4, -0.2) is 40.1 Å². The van der Waals surface area contributed by atoms with Gasteiger partial charge in [-0.15, -0.1) is 11.3 Å². The fraction of sp³-hybridized carbons (Fsp3) is 0.556. The van der Waals surface area contributed by atoms with Gasteiger partial charge in [0.25, 0.3) is 5.91 Å². The van der Waals surface area contributed by atoms with Crippen molar-refractivity contribution >= 4 is 33.2 Å². The van der Waals surface area contributed by atoms with Crippen LogP contribution in [0.25, 0.3) is 0 Å². The molecule has 0 bridgehead atoms. The van der Waals surface area contributed by atoms with Crippen molar-refractivity contribution in [1.29, 1.82) is 0 Å². The topological polar surface area (TPSA) is 53.4 Å². The van der Waals surface area contributed by atoms with Crippen molar-refractivity contribution in [3.63, 3.8) is 0 Å². The molecule has 2 heterocycles. The molecule has 1 aromatic heterocycles. The number of β-amino-alcohol motifs (C(OH)–C–C–N with tert-alkyl or cyclic N) is 1. The first-order chi connectivity index (χ1) is 7.09. The molecule has 1 aliphatic heterocycles. The molecular formula is C9H11BrN2O2S. The fourth-order valence-corrected chi connectivity index (χ4v) is 2.66. The minimum absolute atomic E-state index is 0.105. The smallest absolute Gasteiger partial charge is 0.274 e. The van der Waals surface area contributed by atoms with Crippen molar-refractivity contribution < 1.29 is 9.90 Å². The molecule has 1 aromatic rings. The number of thiazole rings is 1. The summed E-state index contributed by atoms with van der Waals surface area (Å²) in [6, 6.07) is 0. The Balaban J connectivity index is 2.13. The third kappa shape index (κ3) is 2.07. The van der Waals surface area contributed by atoms with Crippen molar-refractivity contribution in [2.45, 2.75) is 13.0 Å². The molecule has 2 atom stereocenters. The summed E-state index contributed by atoms with van der Waals surface area (Å²) in [4.78, 5) is 17.6. The van der Waals surface area contributed by atoms with Gasteiger partial charge in [0.15, 0.2) is 5.69 Å². The standard InChI is InChI=1S/C9H11BrN2O2S/c1-5-2-12(3-6(5)13)9(14)7-8(10)15-4-11-7/h4-6,13H,2-3H2,1H3. The number of hydrogen-bond donors (Lipinski definition) is 1. The first kappa shape index (κ1) is 11.0. The largest absolute Gasteiger partial charge is 0.391 e. The van der Waals surface area contributed by atoms with Crippen molar-refractivity contribution in [2.75, 3.05) is 13.1 Å². The lowest BCUT2D eigenvalue weighted by atomic mass is 10.1. The predicted molar refractivity (Wildman–Crippen MR) is 60.9 cm³/mol. The number of nitrogens with zero attached hydrogens (tertiary/aromatic N) is 2. The van der Waals surface area contributed by atoms with Crippen molar-refractivity contribution in [2.24, 2.45) is 5.92 Å². The van der Waals surface area contributed by atoms with Crippen LogP contribution in [0.15, 0.2) is 9.30 Å². The van der Waals surface area contributed by atoms with Gasteiger partial charge in [0.2, 0.25) is 0 Å². The molecule has 2 unspecified atom stereocenters. The van der Waals surface area contributed by atoms with Crippen molar-refractivity contribution in [1.82, 2.24) is 9.88 Å². The van der Waals surface area contributed by atoms with Crippen LogP contribution in [0.5, 0.6) is 0 Å². The Kier molecular flexibility index (Phi) is 3.08. The van der Waals surface area contributed by atoms with E-state index in [2.05, 4.69) is 20.9 Å². The number of amides is 1. The molecule has 4 nitrogen and oxygen atoms in total. The van der Waals surface area contributed by atoms with Gasteiger partial charge in [-0.3, -0.25) is 4.79 Å². The number of aromatic nitrogens is 1. The first-order valence-corrected chi connectivity index (χ1v) is 6.33. The van der Waals surface area contributed by atoms with E-state index in [1.807, 2.05) is 6.92 Å². The van der Waals surface area contributed by atoms with Crippen LogP contribution in [0, 0.1) is 5.92 Å². The number of rotatable bonds is 1. The lowest BCUT2D eigenvalue weighted by molar-refractivity contribution is 0.0759. The molecule has 1 aliphatic rings. The van der Waals surface area contributed by atoms with Crippen LogP contribution in [0.1, 0.15) is 17.4 Å². The average Bonchev–Trinajstić information content (AvgIpc) is 2.74. The van der Waals surface area contributed by atoms with Gasteiger partial charge in [0.1, 0.15) is 3.79 Å². The molecule has 2 rings (SSSR count). The third-order valence-electron chi connectivity index (χ3n) is 2.59. The molecule has 6 heteroatoms. The first-order valence-electron chi connectivity index (χ1n) is 4.66. The van der Waals surface area contributed by atoms with Crippen LogP contribution < -0.4 is 0 Å². The molecule has 15 heavy (non-hydrogen) atoms. The van der Waals surface area contributed by atoms with Gasteiger partial charge in [0, 0.05) is 19.0 Å². The van der Waals surface area contributed by atoms with E-state index >= 15 is 0 Å². The molecule has 1 amide bonds.